The van der Waals surface area contributed by atoms with Crippen molar-refractivity contribution in [3.8, 4) is 0 Å². The van der Waals surface area contributed by atoms with Crippen molar-refractivity contribution in [2.24, 2.45) is 0 Å². The Bertz CT molecular complexity index is 920. The van der Waals surface area contributed by atoms with Gasteiger partial charge in [-0.25, -0.2) is 8.42 Å². The summed E-state index contributed by atoms with van der Waals surface area (Å²) in [5, 5.41) is 8.55. The first kappa shape index (κ1) is 14.8. The van der Waals surface area contributed by atoms with Crippen LogP contribution in [-0.4, -0.2) is 23.0 Å². The second kappa shape index (κ2) is 5.58. The van der Waals surface area contributed by atoms with Gasteiger partial charge in [-0.3, -0.25) is 9.12 Å². The second-order valence-electron chi connectivity index (χ2n) is 4.68. The minimum atomic E-state index is -3.69. The minimum Gasteiger partial charge on any atom is -0.285 e. The number of hydrogen-bond acceptors (Lipinski definition) is 4. The molecule has 0 fully saturated rings. The standard InChI is InChI=1S/C14H13ClN4O2S/c1-2-13-16-17-14-8-7-12(9-19(13)14)22(20,21)18-11-5-3-10(15)4-6-11/h3-9,18H,2H2,1H3. The number of halogens is 1. The van der Waals surface area contributed by atoms with Crippen molar-refractivity contribution in [2.45, 2.75) is 18.2 Å². The molecule has 0 atom stereocenters. The first-order valence-electron chi connectivity index (χ1n) is 6.61. The maximum atomic E-state index is 12.5. The molecule has 0 aliphatic rings. The van der Waals surface area contributed by atoms with Gasteiger partial charge >= 0.3 is 0 Å². The molecule has 6 nitrogen and oxygen atoms in total. The molecule has 0 aliphatic heterocycles. The minimum absolute atomic E-state index is 0.143. The van der Waals surface area contributed by atoms with Gasteiger partial charge in [0.05, 0.1) is 0 Å². The normalized spacial score (nSPS) is 11.7. The van der Waals surface area contributed by atoms with Crippen LogP contribution in [0.4, 0.5) is 5.69 Å². The zero-order chi connectivity index (χ0) is 15.7. The van der Waals surface area contributed by atoms with E-state index in [1.165, 1.54) is 12.3 Å². The van der Waals surface area contributed by atoms with Gasteiger partial charge in [0.2, 0.25) is 0 Å². The highest BCUT2D eigenvalue weighted by atomic mass is 35.5. The van der Waals surface area contributed by atoms with Crippen LogP contribution >= 0.6 is 11.6 Å². The molecule has 114 valence electrons. The third kappa shape index (κ3) is 2.77. The zero-order valence-electron chi connectivity index (χ0n) is 11.7. The van der Waals surface area contributed by atoms with E-state index in [2.05, 4.69) is 14.9 Å². The second-order valence-corrected chi connectivity index (χ2v) is 6.79. The van der Waals surface area contributed by atoms with E-state index in [4.69, 9.17) is 11.6 Å². The molecule has 0 amide bonds. The number of fused-ring (bicyclic) bond motifs is 1. The molecule has 0 spiro atoms. The van der Waals surface area contributed by atoms with Crippen LogP contribution in [0.25, 0.3) is 5.65 Å². The summed E-state index contributed by atoms with van der Waals surface area (Å²) in [7, 11) is -3.69. The summed E-state index contributed by atoms with van der Waals surface area (Å²) in [6, 6.07) is 9.59. The van der Waals surface area contributed by atoms with E-state index in [9.17, 15) is 8.42 Å². The number of sulfonamides is 1. The summed E-state index contributed by atoms with van der Waals surface area (Å²) >= 11 is 5.79. The fourth-order valence-corrected chi connectivity index (χ4v) is 3.23. The van der Waals surface area contributed by atoms with E-state index in [1.807, 2.05) is 6.92 Å². The van der Waals surface area contributed by atoms with E-state index < -0.39 is 10.0 Å². The topological polar surface area (TPSA) is 76.4 Å². The highest BCUT2D eigenvalue weighted by Crippen LogP contribution is 2.19. The van der Waals surface area contributed by atoms with Crippen LogP contribution in [0, 0.1) is 0 Å². The molecule has 2 heterocycles. The number of nitrogens with zero attached hydrogens (tertiary/aromatic N) is 3. The van der Waals surface area contributed by atoms with Crippen LogP contribution < -0.4 is 4.72 Å². The van der Waals surface area contributed by atoms with Gasteiger partial charge in [0.1, 0.15) is 10.7 Å². The number of hydrogen-bond donors (Lipinski definition) is 1. The quantitative estimate of drug-likeness (QED) is 0.794. The number of rotatable bonds is 4. The Morgan fingerprint density at radius 3 is 2.55 bits per heavy atom. The summed E-state index contributed by atoms with van der Waals surface area (Å²) in [6.07, 6.45) is 2.18. The molecule has 1 aromatic carbocycles. The smallest absolute Gasteiger partial charge is 0.263 e. The molecule has 1 N–H and O–H groups in total. The average Bonchev–Trinajstić information content (AvgIpc) is 2.91. The summed E-state index contributed by atoms with van der Waals surface area (Å²) in [5.74, 6) is 0.707. The molecule has 2 aromatic heterocycles. The average molecular weight is 337 g/mol. The summed E-state index contributed by atoms with van der Waals surface area (Å²) in [5.41, 5.74) is 1.06. The van der Waals surface area contributed by atoms with Gasteiger partial charge in [-0.1, -0.05) is 18.5 Å². The molecule has 0 bridgehead atoms. The van der Waals surface area contributed by atoms with Crippen molar-refractivity contribution < 1.29 is 8.42 Å². The molecule has 3 rings (SSSR count). The van der Waals surface area contributed by atoms with Crippen LogP contribution in [0.3, 0.4) is 0 Å². The zero-order valence-corrected chi connectivity index (χ0v) is 13.3. The lowest BCUT2D eigenvalue weighted by Crippen LogP contribution is -2.13. The van der Waals surface area contributed by atoms with Crippen molar-refractivity contribution in [1.29, 1.82) is 0 Å². The van der Waals surface area contributed by atoms with Crippen molar-refractivity contribution in [3.05, 3.63) is 53.4 Å². The fourth-order valence-electron chi connectivity index (χ4n) is 2.05. The lowest BCUT2D eigenvalue weighted by Gasteiger charge is -2.08. The lowest BCUT2D eigenvalue weighted by atomic mass is 10.3. The molecule has 0 saturated heterocycles. The molecule has 0 unspecified atom stereocenters. The molecule has 22 heavy (non-hydrogen) atoms. The van der Waals surface area contributed by atoms with Crippen LogP contribution in [0.15, 0.2) is 47.5 Å². The molecule has 0 aliphatic carbocycles. The van der Waals surface area contributed by atoms with Gasteiger partial charge in [0.25, 0.3) is 10.0 Å². The molecular weight excluding hydrogens is 324 g/mol. The third-order valence-corrected chi connectivity index (χ3v) is 4.79. The van der Waals surface area contributed by atoms with E-state index >= 15 is 0 Å². The Balaban J connectivity index is 1.99. The third-order valence-electron chi connectivity index (χ3n) is 3.17. The van der Waals surface area contributed by atoms with Gasteiger partial charge < -0.3 is 0 Å². The number of nitrogens with one attached hydrogen (secondary N) is 1. The monoisotopic (exact) mass is 336 g/mol. The maximum absolute atomic E-state index is 12.5. The summed E-state index contributed by atoms with van der Waals surface area (Å²) in [6.45, 7) is 1.93. The molecular formula is C14H13ClN4O2S. The van der Waals surface area contributed by atoms with E-state index in [0.29, 0.717) is 28.6 Å². The van der Waals surface area contributed by atoms with Gasteiger partial charge in [-0.2, -0.15) is 0 Å². The summed E-state index contributed by atoms with van der Waals surface area (Å²) < 4.78 is 29.1. The van der Waals surface area contributed by atoms with Crippen LogP contribution in [0.1, 0.15) is 12.7 Å². The number of benzene rings is 1. The predicted octanol–water partition coefficient (Wildman–Crippen LogP) is 2.75. The first-order valence-corrected chi connectivity index (χ1v) is 8.48. The van der Waals surface area contributed by atoms with Gasteiger partial charge in [0.15, 0.2) is 5.65 Å². The number of aromatic nitrogens is 3. The highest BCUT2D eigenvalue weighted by molar-refractivity contribution is 7.92. The van der Waals surface area contributed by atoms with Crippen LogP contribution in [-0.2, 0) is 16.4 Å². The van der Waals surface area contributed by atoms with Gasteiger partial charge in [-0.05, 0) is 36.4 Å². The lowest BCUT2D eigenvalue weighted by molar-refractivity contribution is 0.600. The van der Waals surface area contributed by atoms with Gasteiger partial charge in [0, 0.05) is 23.3 Å². The highest BCUT2D eigenvalue weighted by Gasteiger charge is 2.16. The van der Waals surface area contributed by atoms with E-state index in [-0.39, 0.29) is 4.90 Å². The predicted molar refractivity (Wildman–Crippen MR) is 84.6 cm³/mol. The van der Waals surface area contributed by atoms with Crippen LogP contribution in [0.5, 0.6) is 0 Å². The Labute approximate surface area is 132 Å². The SMILES string of the molecule is CCc1nnc2ccc(S(=O)(=O)Nc3ccc(Cl)cc3)cn12. The first-order chi connectivity index (χ1) is 10.5. The fraction of sp³-hybridized carbons (Fsp3) is 0.143. The van der Waals surface area contributed by atoms with Crippen LogP contribution in [0.2, 0.25) is 5.02 Å². The maximum Gasteiger partial charge on any atom is 0.263 e. The number of aryl methyl sites for hydroxylation is 1. The Kier molecular flexibility index (Phi) is 3.76. The molecule has 3 aromatic rings. The van der Waals surface area contributed by atoms with Crippen molar-refractivity contribution >= 4 is 33.0 Å². The number of pyridine rings is 1. The van der Waals surface area contributed by atoms with Gasteiger partial charge in [-0.15, -0.1) is 10.2 Å². The Hall–Kier alpha value is -2.12. The Morgan fingerprint density at radius 2 is 1.86 bits per heavy atom. The van der Waals surface area contributed by atoms with Crippen molar-refractivity contribution in [3.63, 3.8) is 0 Å². The molecule has 0 saturated carbocycles. The largest absolute Gasteiger partial charge is 0.285 e. The number of anilines is 1. The Morgan fingerprint density at radius 1 is 1.14 bits per heavy atom. The van der Waals surface area contributed by atoms with E-state index in [1.54, 1.807) is 34.7 Å². The van der Waals surface area contributed by atoms with Crippen molar-refractivity contribution in [1.82, 2.24) is 14.6 Å². The molecule has 8 heteroatoms. The van der Waals surface area contributed by atoms with E-state index in [0.717, 1.165) is 0 Å². The van der Waals surface area contributed by atoms with Crippen molar-refractivity contribution in [2.75, 3.05) is 4.72 Å². The molecule has 0 radical (unpaired) electrons. The summed E-state index contributed by atoms with van der Waals surface area (Å²) in [4.78, 5) is 0.143.